The second-order valence-electron chi connectivity index (χ2n) is 11.7. The number of aromatic nitrogens is 1. The molecule has 5 rings (SSSR count). The van der Waals surface area contributed by atoms with Gasteiger partial charge in [-0.2, -0.15) is 0 Å². The molecule has 4 atom stereocenters. The van der Waals surface area contributed by atoms with Crippen LogP contribution in [0.1, 0.15) is 62.4 Å². The smallest absolute Gasteiger partial charge is 0.289 e. The molecule has 2 aromatic rings. The van der Waals surface area contributed by atoms with Crippen molar-refractivity contribution in [2.45, 2.75) is 75.9 Å². The van der Waals surface area contributed by atoms with Gasteiger partial charge in [0, 0.05) is 48.3 Å². The minimum atomic E-state index is -3.14. The van der Waals surface area contributed by atoms with Crippen LogP contribution in [-0.2, 0) is 19.2 Å². The van der Waals surface area contributed by atoms with Crippen LogP contribution in [0, 0.1) is 11.8 Å². The number of carbonyl (C=O) groups is 5. The average Bonchev–Trinajstić information content (AvgIpc) is 3.51. The van der Waals surface area contributed by atoms with Crippen LogP contribution >= 0.6 is 0 Å². The summed E-state index contributed by atoms with van der Waals surface area (Å²) in [5.41, 5.74) is 0.685. The van der Waals surface area contributed by atoms with E-state index in [1.165, 1.54) is 14.0 Å². The minimum absolute atomic E-state index is 0.0908. The lowest BCUT2D eigenvalue weighted by Gasteiger charge is -2.28. The van der Waals surface area contributed by atoms with Crippen molar-refractivity contribution in [3.63, 3.8) is 0 Å². The number of piperidine rings is 1. The Morgan fingerprint density at radius 2 is 1.95 bits per heavy atom. The molecule has 1 aromatic carbocycles. The first-order chi connectivity index (χ1) is 20.5. The van der Waals surface area contributed by atoms with E-state index in [0.717, 1.165) is 17.7 Å². The number of H-pyrrole nitrogens is 1. The summed E-state index contributed by atoms with van der Waals surface area (Å²) in [7, 11) is 1.49. The number of fused-ring (bicyclic) bond motifs is 1. The maximum Gasteiger partial charge on any atom is 0.289 e. The van der Waals surface area contributed by atoms with E-state index < -0.39 is 59.8 Å². The molecule has 1 saturated carbocycles. The number of likely N-dealkylation sites (tertiary alicyclic amines) is 1. The fraction of sp³-hybridized carbons (Fsp3) is 0.567. The van der Waals surface area contributed by atoms with Crippen molar-refractivity contribution in [3.8, 4) is 5.75 Å². The summed E-state index contributed by atoms with van der Waals surface area (Å²) in [4.78, 5) is 70.0. The Kier molecular flexibility index (Phi) is 8.70. The molecule has 4 N–H and O–H groups in total. The summed E-state index contributed by atoms with van der Waals surface area (Å²) >= 11 is 0. The molecule has 2 saturated heterocycles. The van der Waals surface area contributed by atoms with Crippen molar-refractivity contribution in [3.05, 3.63) is 30.0 Å². The van der Waals surface area contributed by atoms with Crippen molar-refractivity contribution >= 4 is 40.3 Å². The number of Topliss-reactive ketones (excluding diaryl/α,β-unsaturated/α-hetero) is 1. The highest BCUT2D eigenvalue weighted by molar-refractivity contribution is 6.38. The second-order valence-corrected chi connectivity index (χ2v) is 11.7. The van der Waals surface area contributed by atoms with Gasteiger partial charge in [0.05, 0.1) is 13.2 Å². The normalized spacial score (nSPS) is 23.0. The number of ether oxygens (including phenoxy) is 1. The van der Waals surface area contributed by atoms with Crippen molar-refractivity contribution in [1.82, 2.24) is 25.8 Å². The molecule has 0 unspecified atom stereocenters. The van der Waals surface area contributed by atoms with E-state index in [1.807, 2.05) is 0 Å². The van der Waals surface area contributed by atoms with E-state index >= 15 is 0 Å². The number of amides is 4. The van der Waals surface area contributed by atoms with Crippen LogP contribution in [0.4, 0.5) is 8.78 Å². The van der Waals surface area contributed by atoms with E-state index in [9.17, 15) is 32.8 Å². The molecule has 3 aliphatic rings. The third kappa shape index (κ3) is 6.50. The molecule has 232 valence electrons. The number of nitrogens with one attached hydrogen (secondary N) is 4. The number of methoxy groups -OCH3 is 1. The first-order valence-corrected chi connectivity index (χ1v) is 14.8. The van der Waals surface area contributed by atoms with E-state index in [2.05, 4.69) is 20.9 Å². The van der Waals surface area contributed by atoms with E-state index in [-0.39, 0.29) is 37.0 Å². The lowest BCUT2D eigenvalue weighted by atomic mass is 9.89. The third-order valence-corrected chi connectivity index (χ3v) is 8.70. The van der Waals surface area contributed by atoms with Gasteiger partial charge in [0.15, 0.2) is 0 Å². The van der Waals surface area contributed by atoms with E-state index in [1.54, 1.807) is 24.3 Å². The highest BCUT2D eigenvalue weighted by Gasteiger charge is 2.50. The fourth-order valence-electron chi connectivity index (χ4n) is 5.97. The van der Waals surface area contributed by atoms with Crippen LogP contribution in [0.25, 0.3) is 10.9 Å². The van der Waals surface area contributed by atoms with Crippen molar-refractivity contribution in [2.24, 2.45) is 11.8 Å². The highest BCUT2D eigenvalue weighted by Crippen LogP contribution is 2.39. The lowest BCUT2D eigenvalue weighted by Crippen LogP contribution is -2.54. The Hall–Kier alpha value is -4.03. The molecule has 3 heterocycles. The Labute approximate surface area is 247 Å². The number of ketones is 1. The molecule has 4 amide bonds. The quantitative estimate of drug-likeness (QED) is 0.291. The molecular weight excluding hydrogens is 564 g/mol. The standard InChI is InChI=1S/C30H37F2N5O6/c1-3-30(31,32)17-13-23(37(15-17)29(42)22-14-19-20(35-22)7-4-8-24(19)43-2)27(40)36-21(12-16-6-5-11-33-26(16)39)25(38)28(41)34-18-9-10-18/h4,7-8,14,16-18,21,23,35H,3,5-6,9-13,15H2,1-2H3,(H,33,39)(H,34,41)(H,36,40)/t16-,17+,21-,23-/m0/s1. The van der Waals surface area contributed by atoms with Crippen molar-refractivity contribution in [2.75, 3.05) is 20.2 Å². The van der Waals surface area contributed by atoms with Gasteiger partial charge < -0.3 is 30.6 Å². The highest BCUT2D eigenvalue weighted by atomic mass is 19.3. The zero-order valence-corrected chi connectivity index (χ0v) is 24.2. The fourth-order valence-corrected chi connectivity index (χ4v) is 5.97. The Morgan fingerprint density at radius 1 is 1.19 bits per heavy atom. The van der Waals surface area contributed by atoms with Crippen molar-refractivity contribution in [1.29, 1.82) is 0 Å². The van der Waals surface area contributed by atoms with Crippen LogP contribution in [-0.4, -0.2) is 83.5 Å². The molecule has 13 heteroatoms. The van der Waals surface area contributed by atoms with E-state index in [0.29, 0.717) is 36.0 Å². The second kappa shape index (κ2) is 12.3. The SMILES string of the molecule is CCC(F)(F)[C@@H]1C[C@@H](C(=O)N[C@@H](C[C@@H]2CCCNC2=O)C(=O)C(=O)NC2CC2)N(C(=O)c2cc3c(OC)cccc3[nH]2)C1. The van der Waals surface area contributed by atoms with Gasteiger partial charge in [-0.25, -0.2) is 8.78 Å². The number of aromatic amines is 1. The molecule has 0 bridgehead atoms. The lowest BCUT2D eigenvalue weighted by molar-refractivity contribution is -0.141. The van der Waals surface area contributed by atoms with Gasteiger partial charge in [-0.15, -0.1) is 0 Å². The average molecular weight is 602 g/mol. The van der Waals surface area contributed by atoms with Gasteiger partial charge in [0.2, 0.25) is 17.6 Å². The van der Waals surface area contributed by atoms with Gasteiger partial charge in [-0.1, -0.05) is 13.0 Å². The number of benzene rings is 1. The largest absolute Gasteiger partial charge is 0.496 e. The zero-order valence-electron chi connectivity index (χ0n) is 24.2. The number of alkyl halides is 2. The van der Waals surface area contributed by atoms with Crippen LogP contribution in [0.5, 0.6) is 5.75 Å². The number of hydrogen-bond donors (Lipinski definition) is 4. The number of carbonyl (C=O) groups excluding carboxylic acids is 5. The molecule has 1 aromatic heterocycles. The molecule has 3 fully saturated rings. The van der Waals surface area contributed by atoms with Gasteiger partial charge in [-0.3, -0.25) is 24.0 Å². The summed E-state index contributed by atoms with van der Waals surface area (Å²) in [6, 6.07) is 3.94. The van der Waals surface area contributed by atoms with Crippen molar-refractivity contribution < 1.29 is 37.5 Å². The summed E-state index contributed by atoms with van der Waals surface area (Å²) < 4.78 is 35.2. The first kappa shape index (κ1) is 30.4. The number of halogens is 2. The minimum Gasteiger partial charge on any atom is -0.496 e. The zero-order chi connectivity index (χ0) is 30.9. The summed E-state index contributed by atoms with van der Waals surface area (Å²) in [5.74, 6) is -8.09. The first-order valence-electron chi connectivity index (χ1n) is 14.8. The molecule has 43 heavy (non-hydrogen) atoms. The number of rotatable bonds is 11. The number of nitrogens with zero attached hydrogens (tertiary/aromatic N) is 1. The summed E-state index contributed by atoms with van der Waals surface area (Å²) in [5, 5.41) is 8.53. The van der Waals surface area contributed by atoms with E-state index in [4.69, 9.17) is 4.74 Å². The third-order valence-electron chi connectivity index (χ3n) is 8.70. The maximum absolute atomic E-state index is 14.9. The molecule has 1 aliphatic carbocycles. The summed E-state index contributed by atoms with van der Waals surface area (Å²) in [6.45, 7) is 1.45. The van der Waals surface area contributed by atoms with Crippen LogP contribution in [0.2, 0.25) is 0 Å². The molecule has 0 spiro atoms. The van der Waals surface area contributed by atoms with Crippen LogP contribution in [0.3, 0.4) is 0 Å². The van der Waals surface area contributed by atoms with Gasteiger partial charge >= 0.3 is 0 Å². The summed E-state index contributed by atoms with van der Waals surface area (Å²) in [6.07, 6.45) is 1.70. The Bertz CT molecular complexity index is 1420. The van der Waals surface area contributed by atoms with Gasteiger partial charge in [-0.05, 0) is 56.7 Å². The molecular formula is C30H37F2N5O6. The maximum atomic E-state index is 14.9. The molecule has 0 radical (unpaired) electrons. The van der Waals surface area contributed by atoms with Crippen LogP contribution in [0.15, 0.2) is 24.3 Å². The monoisotopic (exact) mass is 601 g/mol. The predicted octanol–water partition coefficient (Wildman–Crippen LogP) is 2.30. The van der Waals surface area contributed by atoms with Gasteiger partial charge in [0.25, 0.3) is 17.7 Å². The predicted molar refractivity (Wildman–Crippen MR) is 151 cm³/mol. The topological polar surface area (TPSA) is 150 Å². The molecule has 2 aliphatic heterocycles. The van der Waals surface area contributed by atoms with Crippen LogP contribution < -0.4 is 20.7 Å². The number of hydrogen-bond acceptors (Lipinski definition) is 6. The molecule has 11 nitrogen and oxygen atoms in total. The van der Waals surface area contributed by atoms with Gasteiger partial charge in [0.1, 0.15) is 17.5 Å². The Morgan fingerprint density at radius 3 is 2.63 bits per heavy atom. The Balaban J connectivity index is 1.41.